The number of nitrogen functional groups attached to an aromatic ring is 1. The lowest BCUT2D eigenvalue weighted by molar-refractivity contribution is 1.59. The molecule has 0 heterocycles. The third-order valence-electron chi connectivity index (χ3n) is 1.08. The van der Waals surface area contributed by atoms with Crippen LogP contribution in [0.5, 0.6) is 0 Å². The number of benzene rings is 1. The second kappa shape index (κ2) is 3.11. The molecule has 0 unspecified atom stereocenters. The average molecular weight is 285 g/mol. The second-order valence-electron chi connectivity index (χ2n) is 1.76. The van der Waals surface area contributed by atoms with Crippen LogP contribution in [0, 0.1) is 0 Å². The number of rotatable bonds is 0. The van der Waals surface area contributed by atoms with Crippen LogP contribution < -0.4 is 5.73 Å². The molecule has 0 saturated heterocycles. The molecule has 0 aliphatic carbocycles. The Morgan fingerprint density at radius 3 is 2.20 bits per heavy atom. The summed E-state index contributed by atoms with van der Waals surface area (Å²) in [4.78, 5) is 0. The van der Waals surface area contributed by atoms with Gasteiger partial charge in [0.2, 0.25) is 0 Å². The summed E-state index contributed by atoms with van der Waals surface area (Å²) in [5.74, 6) is 0. The van der Waals surface area contributed by atoms with Crippen molar-refractivity contribution in [2.75, 3.05) is 5.73 Å². The Balaban J connectivity index is 3.34. The highest BCUT2D eigenvalue weighted by Crippen LogP contribution is 2.33. The maximum absolute atomic E-state index is 5.78. The highest BCUT2D eigenvalue weighted by Gasteiger charge is 2.03. The van der Waals surface area contributed by atoms with Gasteiger partial charge in [0.1, 0.15) is 0 Å². The first-order valence-corrected chi connectivity index (χ1v) is 4.48. The van der Waals surface area contributed by atoms with Crippen molar-refractivity contribution in [1.82, 2.24) is 0 Å². The Hall–Kier alpha value is 0.270. The minimum atomic E-state index is 0.550. The van der Waals surface area contributed by atoms with Gasteiger partial charge in [0.25, 0.3) is 0 Å². The number of hydrogen-bond acceptors (Lipinski definition) is 1. The lowest BCUT2D eigenvalue weighted by Crippen LogP contribution is -1.87. The minimum Gasteiger partial charge on any atom is -0.397 e. The van der Waals surface area contributed by atoms with Gasteiger partial charge in [-0.1, -0.05) is 11.6 Å². The van der Waals surface area contributed by atoms with Crippen LogP contribution in [0.1, 0.15) is 0 Å². The van der Waals surface area contributed by atoms with E-state index in [1.54, 1.807) is 0 Å². The van der Waals surface area contributed by atoms with Crippen LogP contribution in [0.3, 0.4) is 0 Å². The summed E-state index contributed by atoms with van der Waals surface area (Å²) in [6, 6.07) is 3.67. The van der Waals surface area contributed by atoms with E-state index in [9.17, 15) is 0 Å². The van der Waals surface area contributed by atoms with E-state index in [1.165, 1.54) is 0 Å². The van der Waals surface area contributed by atoms with E-state index in [1.807, 2.05) is 12.1 Å². The molecule has 0 radical (unpaired) electrons. The molecule has 0 saturated carbocycles. The van der Waals surface area contributed by atoms with E-state index in [2.05, 4.69) is 31.9 Å². The standard InChI is InChI=1S/C6H4Br2ClN/c7-3-1-2-4(8)6(10)5(3)9/h1-2H,10H2. The normalized spacial score (nSPS) is 9.90. The SMILES string of the molecule is Nc1c(Br)ccc(Br)c1Cl. The molecule has 0 atom stereocenters. The number of hydrogen-bond donors (Lipinski definition) is 1. The molecule has 1 nitrogen and oxygen atoms in total. The van der Waals surface area contributed by atoms with Gasteiger partial charge in [-0.3, -0.25) is 0 Å². The van der Waals surface area contributed by atoms with Crippen molar-refractivity contribution < 1.29 is 0 Å². The zero-order chi connectivity index (χ0) is 7.72. The molecule has 0 amide bonds. The lowest BCUT2D eigenvalue weighted by Gasteiger charge is -2.01. The Morgan fingerprint density at radius 1 is 1.20 bits per heavy atom. The molecule has 2 N–H and O–H groups in total. The lowest BCUT2D eigenvalue weighted by atomic mass is 10.3. The maximum Gasteiger partial charge on any atom is 0.0788 e. The van der Waals surface area contributed by atoms with Crippen molar-refractivity contribution in [2.45, 2.75) is 0 Å². The summed E-state index contributed by atoms with van der Waals surface area (Å²) in [5, 5.41) is 0.550. The van der Waals surface area contributed by atoms with E-state index in [0.717, 1.165) is 8.95 Å². The molecular formula is C6H4Br2ClN. The molecule has 10 heavy (non-hydrogen) atoms. The summed E-state index contributed by atoms with van der Waals surface area (Å²) in [6.07, 6.45) is 0. The van der Waals surface area contributed by atoms with Crippen molar-refractivity contribution in [1.29, 1.82) is 0 Å². The molecule has 1 aromatic carbocycles. The van der Waals surface area contributed by atoms with Crippen molar-refractivity contribution in [3.8, 4) is 0 Å². The fraction of sp³-hybridized carbons (Fsp3) is 0. The van der Waals surface area contributed by atoms with Gasteiger partial charge >= 0.3 is 0 Å². The van der Waals surface area contributed by atoms with Gasteiger partial charge in [0.15, 0.2) is 0 Å². The molecule has 4 heteroatoms. The topological polar surface area (TPSA) is 26.0 Å². The zero-order valence-corrected chi connectivity index (χ0v) is 8.79. The Labute approximate surface area is 80.8 Å². The first kappa shape index (κ1) is 8.37. The van der Waals surface area contributed by atoms with E-state index in [4.69, 9.17) is 17.3 Å². The van der Waals surface area contributed by atoms with E-state index < -0.39 is 0 Å². The Bertz CT molecular complexity index is 235. The highest BCUT2D eigenvalue weighted by molar-refractivity contribution is 9.11. The van der Waals surface area contributed by atoms with Gasteiger partial charge in [-0.05, 0) is 44.0 Å². The van der Waals surface area contributed by atoms with Crippen molar-refractivity contribution in [2.24, 2.45) is 0 Å². The predicted octanol–water partition coefficient (Wildman–Crippen LogP) is 3.45. The summed E-state index contributed by atoms with van der Waals surface area (Å²) in [5.41, 5.74) is 6.14. The quantitative estimate of drug-likeness (QED) is 0.573. The number of nitrogens with two attached hydrogens (primary N) is 1. The monoisotopic (exact) mass is 283 g/mol. The van der Waals surface area contributed by atoms with Gasteiger partial charge in [-0.2, -0.15) is 0 Å². The summed E-state index contributed by atoms with van der Waals surface area (Å²) in [6.45, 7) is 0. The minimum absolute atomic E-state index is 0.550. The highest BCUT2D eigenvalue weighted by atomic mass is 79.9. The third kappa shape index (κ3) is 1.47. The van der Waals surface area contributed by atoms with E-state index >= 15 is 0 Å². The van der Waals surface area contributed by atoms with Crippen LogP contribution in [0.2, 0.25) is 5.02 Å². The average Bonchev–Trinajstić information content (AvgIpc) is 1.93. The molecule has 1 rings (SSSR count). The molecule has 0 aliphatic heterocycles. The van der Waals surface area contributed by atoms with Crippen LogP contribution in [0.15, 0.2) is 21.1 Å². The first-order chi connectivity index (χ1) is 4.63. The molecule has 1 aromatic rings. The molecule has 0 aromatic heterocycles. The van der Waals surface area contributed by atoms with Gasteiger partial charge in [0.05, 0.1) is 10.7 Å². The Kier molecular flexibility index (Phi) is 2.61. The fourth-order valence-corrected chi connectivity index (χ4v) is 1.50. The van der Waals surface area contributed by atoms with Crippen LogP contribution >= 0.6 is 43.5 Å². The third-order valence-corrected chi connectivity index (χ3v) is 3.07. The van der Waals surface area contributed by atoms with Crippen LogP contribution in [-0.2, 0) is 0 Å². The zero-order valence-electron chi connectivity index (χ0n) is 4.87. The molecule has 0 bridgehead atoms. The van der Waals surface area contributed by atoms with Gasteiger partial charge < -0.3 is 5.73 Å². The first-order valence-electron chi connectivity index (χ1n) is 2.52. The maximum atomic E-state index is 5.78. The molecule has 0 spiro atoms. The van der Waals surface area contributed by atoms with Crippen molar-refractivity contribution >= 4 is 49.1 Å². The molecule has 54 valence electrons. The van der Waals surface area contributed by atoms with E-state index in [-0.39, 0.29) is 0 Å². The van der Waals surface area contributed by atoms with Crippen LogP contribution in [0.25, 0.3) is 0 Å². The number of halogens is 3. The van der Waals surface area contributed by atoms with Gasteiger partial charge in [-0.25, -0.2) is 0 Å². The number of anilines is 1. The summed E-state index contributed by atoms with van der Waals surface area (Å²) in [7, 11) is 0. The van der Waals surface area contributed by atoms with Crippen molar-refractivity contribution in [3.63, 3.8) is 0 Å². The molecular weight excluding hydrogens is 281 g/mol. The van der Waals surface area contributed by atoms with Crippen LogP contribution in [-0.4, -0.2) is 0 Å². The van der Waals surface area contributed by atoms with Gasteiger partial charge in [0, 0.05) is 8.95 Å². The molecule has 0 fully saturated rings. The predicted molar refractivity (Wildman–Crippen MR) is 51.3 cm³/mol. The molecule has 0 aliphatic rings. The summed E-state index contributed by atoms with van der Waals surface area (Å²) < 4.78 is 1.63. The second-order valence-corrected chi connectivity index (χ2v) is 3.84. The van der Waals surface area contributed by atoms with Gasteiger partial charge in [-0.15, -0.1) is 0 Å². The fourth-order valence-electron chi connectivity index (χ4n) is 0.543. The smallest absolute Gasteiger partial charge is 0.0788 e. The van der Waals surface area contributed by atoms with Crippen LogP contribution in [0.4, 0.5) is 5.69 Å². The summed E-state index contributed by atoms with van der Waals surface area (Å²) >= 11 is 12.3. The Morgan fingerprint density at radius 2 is 1.70 bits per heavy atom. The van der Waals surface area contributed by atoms with E-state index in [0.29, 0.717) is 10.7 Å². The van der Waals surface area contributed by atoms with Crippen molar-refractivity contribution in [3.05, 3.63) is 26.1 Å². The largest absolute Gasteiger partial charge is 0.397 e.